The molecule has 0 unspecified atom stereocenters. The van der Waals surface area contributed by atoms with Crippen molar-refractivity contribution >= 4 is 27.4 Å². The van der Waals surface area contributed by atoms with Crippen molar-refractivity contribution in [3.05, 3.63) is 64.0 Å². The van der Waals surface area contributed by atoms with Crippen LogP contribution in [0.2, 0.25) is 0 Å². The van der Waals surface area contributed by atoms with Gasteiger partial charge < -0.3 is 9.84 Å². The van der Waals surface area contributed by atoms with Gasteiger partial charge in [-0.25, -0.2) is 4.79 Å². The standard InChI is InChI=1S/C18H16O3S/c1-11-7-15(19)5-3-12(11)9-16-10-14-8-13(18(20)21-2)4-6-17(14)22-16/h3-8,10,19H,9H2,1-2H3. The van der Waals surface area contributed by atoms with E-state index in [4.69, 9.17) is 4.74 Å². The van der Waals surface area contributed by atoms with Crippen LogP contribution in [-0.2, 0) is 11.2 Å². The van der Waals surface area contributed by atoms with Crippen molar-refractivity contribution in [2.24, 2.45) is 0 Å². The van der Waals surface area contributed by atoms with Crippen molar-refractivity contribution < 1.29 is 14.6 Å². The molecule has 3 aromatic rings. The summed E-state index contributed by atoms with van der Waals surface area (Å²) in [5, 5.41) is 10.5. The minimum absolute atomic E-state index is 0.292. The molecule has 0 radical (unpaired) electrons. The molecule has 4 heteroatoms. The van der Waals surface area contributed by atoms with E-state index >= 15 is 0 Å². The molecule has 0 aliphatic carbocycles. The van der Waals surface area contributed by atoms with Gasteiger partial charge in [-0.1, -0.05) is 6.07 Å². The molecular formula is C18H16O3S. The molecule has 0 saturated carbocycles. The second-order valence-electron chi connectivity index (χ2n) is 5.24. The van der Waals surface area contributed by atoms with Gasteiger partial charge in [0.05, 0.1) is 12.7 Å². The Hall–Kier alpha value is -2.33. The van der Waals surface area contributed by atoms with Crippen LogP contribution in [0.25, 0.3) is 10.1 Å². The topological polar surface area (TPSA) is 46.5 Å². The van der Waals surface area contributed by atoms with Crippen LogP contribution >= 0.6 is 11.3 Å². The highest BCUT2D eigenvalue weighted by Crippen LogP contribution is 2.29. The molecule has 0 saturated heterocycles. The van der Waals surface area contributed by atoms with Gasteiger partial charge in [0, 0.05) is 16.0 Å². The number of hydrogen-bond acceptors (Lipinski definition) is 4. The van der Waals surface area contributed by atoms with Crippen LogP contribution in [0.15, 0.2) is 42.5 Å². The highest BCUT2D eigenvalue weighted by molar-refractivity contribution is 7.19. The van der Waals surface area contributed by atoms with Crippen molar-refractivity contribution in [3.63, 3.8) is 0 Å². The van der Waals surface area contributed by atoms with Crippen LogP contribution in [0.4, 0.5) is 0 Å². The predicted molar refractivity (Wildman–Crippen MR) is 88.8 cm³/mol. The maximum Gasteiger partial charge on any atom is 0.337 e. The second-order valence-corrected chi connectivity index (χ2v) is 6.41. The van der Waals surface area contributed by atoms with E-state index < -0.39 is 0 Å². The quantitative estimate of drug-likeness (QED) is 0.734. The Morgan fingerprint density at radius 3 is 2.73 bits per heavy atom. The Kier molecular flexibility index (Phi) is 3.86. The summed E-state index contributed by atoms with van der Waals surface area (Å²) in [4.78, 5) is 12.8. The molecule has 0 bridgehead atoms. The van der Waals surface area contributed by atoms with Crippen LogP contribution < -0.4 is 0 Å². The minimum atomic E-state index is -0.316. The van der Waals surface area contributed by atoms with Gasteiger partial charge in [0.1, 0.15) is 5.75 Å². The zero-order chi connectivity index (χ0) is 15.7. The molecule has 1 heterocycles. The molecule has 0 spiro atoms. The van der Waals surface area contributed by atoms with Gasteiger partial charge in [0.2, 0.25) is 0 Å². The van der Waals surface area contributed by atoms with Gasteiger partial charge in [-0.3, -0.25) is 0 Å². The molecule has 0 amide bonds. The molecule has 22 heavy (non-hydrogen) atoms. The summed E-state index contributed by atoms with van der Waals surface area (Å²) in [7, 11) is 1.39. The Morgan fingerprint density at radius 2 is 2.00 bits per heavy atom. The van der Waals surface area contributed by atoms with Crippen molar-refractivity contribution in [3.8, 4) is 5.75 Å². The third-order valence-corrected chi connectivity index (χ3v) is 4.80. The maximum absolute atomic E-state index is 11.6. The van der Waals surface area contributed by atoms with E-state index in [0.29, 0.717) is 11.3 Å². The molecule has 0 aliphatic heterocycles. The Balaban J connectivity index is 1.93. The van der Waals surface area contributed by atoms with Gasteiger partial charge in [-0.2, -0.15) is 0 Å². The SMILES string of the molecule is COC(=O)c1ccc2sc(Cc3ccc(O)cc3C)cc2c1. The second kappa shape index (κ2) is 5.81. The van der Waals surface area contributed by atoms with Gasteiger partial charge in [0.25, 0.3) is 0 Å². The normalized spacial score (nSPS) is 10.8. The Bertz CT molecular complexity index is 849. The Labute approximate surface area is 132 Å². The van der Waals surface area contributed by atoms with Crippen LogP contribution in [-0.4, -0.2) is 18.2 Å². The van der Waals surface area contributed by atoms with Gasteiger partial charge in [0.15, 0.2) is 0 Å². The molecule has 3 rings (SSSR count). The first-order valence-electron chi connectivity index (χ1n) is 6.96. The highest BCUT2D eigenvalue weighted by Gasteiger charge is 2.09. The number of ether oxygens (including phenoxy) is 1. The smallest absolute Gasteiger partial charge is 0.337 e. The minimum Gasteiger partial charge on any atom is -0.508 e. The summed E-state index contributed by atoms with van der Waals surface area (Å²) in [6, 6.07) is 13.2. The van der Waals surface area contributed by atoms with E-state index in [0.717, 1.165) is 22.1 Å². The molecule has 0 atom stereocenters. The average Bonchev–Trinajstić information content (AvgIpc) is 2.90. The zero-order valence-electron chi connectivity index (χ0n) is 12.4. The number of fused-ring (bicyclic) bond motifs is 1. The number of aromatic hydroxyl groups is 1. The molecule has 3 nitrogen and oxygen atoms in total. The van der Waals surface area contributed by atoms with Crippen molar-refractivity contribution in [2.75, 3.05) is 7.11 Å². The van der Waals surface area contributed by atoms with Crippen LogP contribution in [0.3, 0.4) is 0 Å². The van der Waals surface area contributed by atoms with E-state index in [-0.39, 0.29) is 5.97 Å². The summed E-state index contributed by atoms with van der Waals surface area (Å²) in [5.74, 6) is -0.0238. The lowest BCUT2D eigenvalue weighted by Gasteiger charge is -2.04. The first-order valence-corrected chi connectivity index (χ1v) is 7.78. The summed E-state index contributed by atoms with van der Waals surface area (Å²) >= 11 is 1.72. The summed E-state index contributed by atoms with van der Waals surface area (Å²) in [6.07, 6.45) is 0.818. The van der Waals surface area contributed by atoms with E-state index in [2.05, 4.69) is 6.07 Å². The summed E-state index contributed by atoms with van der Waals surface area (Å²) < 4.78 is 5.91. The molecule has 2 aromatic carbocycles. The van der Waals surface area contributed by atoms with Crippen molar-refractivity contribution in [1.29, 1.82) is 0 Å². The van der Waals surface area contributed by atoms with E-state index in [1.165, 1.54) is 17.6 Å². The number of benzene rings is 2. The Morgan fingerprint density at radius 1 is 1.18 bits per heavy atom. The number of rotatable bonds is 3. The molecule has 1 N–H and O–H groups in total. The molecule has 0 fully saturated rings. The molecule has 112 valence electrons. The van der Waals surface area contributed by atoms with Crippen molar-refractivity contribution in [2.45, 2.75) is 13.3 Å². The van der Waals surface area contributed by atoms with Crippen LogP contribution in [0.1, 0.15) is 26.4 Å². The van der Waals surface area contributed by atoms with Crippen LogP contribution in [0.5, 0.6) is 5.75 Å². The average molecular weight is 312 g/mol. The van der Waals surface area contributed by atoms with Crippen molar-refractivity contribution in [1.82, 2.24) is 0 Å². The highest BCUT2D eigenvalue weighted by atomic mass is 32.1. The number of aryl methyl sites for hydroxylation is 1. The fourth-order valence-corrected chi connectivity index (χ4v) is 3.56. The summed E-state index contributed by atoms with van der Waals surface area (Å²) in [6.45, 7) is 2.00. The first kappa shape index (κ1) is 14.6. The number of hydrogen-bond donors (Lipinski definition) is 1. The number of methoxy groups -OCH3 is 1. The number of phenols is 1. The van der Waals surface area contributed by atoms with E-state index in [9.17, 15) is 9.90 Å². The van der Waals surface area contributed by atoms with E-state index in [1.807, 2.05) is 25.1 Å². The maximum atomic E-state index is 11.6. The molecule has 1 aromatic heterocycles. The largest absolute Gasteiger partial charge is 0.508 e. The predicted octanol–water partition coefficient (Wildman–Crippen LogP) is 4.29. The number of phenolic OH excluding ortho intramolecular Hbond substituents is 1. The van der Waals surface area contributed by atoms with E-state index in [1.54, 1.807) is 29.5 Å². The number of esters is 1. The van der Waals surface area contributed by atoms with Gasteiger partial charge in [-0.15, -0.1) is 11.3 Å². The summed E-state index contributed by atoms with van der Waals surface area (Å²) in [5.41, 5.74) is 2.84. The zero-order valence-corrected chi connectivity index (χ0v) is 13.2. The fraction of sp³-hybridized carbons (Fsp3) is 0.167. The fourth-order valence-electron chi connectivity index (χ4n) is 2.50. The monoisotopic (exact) mass is 312 g/mol. The molecular weight excluding hydrogens is 296 g/mol. The van der Waals surface area contributed by atoms with Gasteiger partial charge in [-0.05, 0) is 59.8 Å². The van der Waals surface area contributed by atoms with Crippen LogP contribution in [0, 0.1) is 6.92 Å². The number of carbonyl (C=O) groups excluding carboxylic acids is 1. The third-order valence-electron chi connectivity index (χ3n) is 3.68. The lowest BCUT2D eigenvalue weighted by molar-refractivity contribution is 0.0601. The lowest BCUT2D eigenvalue weighted by atomic mass is 10.0. The third kappa shape index (κ3) is 2.83. The molecule has 0 aliphatic rings. The number of thiophene rings is 1. The lowest BCUT2D eigenvalue weighted by Crippen LogP contribution is -1.99. The first-order chi connectivity index (χ1) is 10.6. The number of carbonyl (C=O) groups is 1. The van der Waals surface area contributed by atoms with Gasteiger partial charge >= 0.3 is 5.97 Å².